The van der Waals surface area contributed by atoms with Crippen LogP contribution in [0.1, 0.15) is 31.9 Å². The van der Waals surface area contributed by atoms with E-state index in [1.54, 1.807) is 31.2 Å². The number of halogens is 1. The molecule has 0 aliphatic carbocycles. The fourth-order valence-corrected chi connectivity index (χ4v) is 3.51. The third kappa shape index (κ3) is 6.08. The van der Waals surface area contributed by atoms with E-state index >= 15 is 0 Å². The Morgan fingerprint density at radius 1 is 1.04 bits per heavy atom. The molecule has 2 N–H and O–H groups in total. The fraction of sp³-hybridized carbons (Fsp3) is 0.263. The van der Waals surface area contributed by atoms with Gasteiger partial charge in [0.1, 0.15) is 0 Å². The highest BCUT2D eigenvalue weighted by Gasteiger charge is 2.18. The van der Waals surface area contributed by atoms with Crippen molar-refractivity contribution in [3.8, 4) is 0 Å². The van der Waals surface area contributed by atoms with Gasteiger partial charge in [-0.15, -0.1) is 0 Å². The predicted molar refractivity (Wildman–Crippen MR) is 105 cm³/mol. The van der Waals surface area contributed by atoms with Gasteiger partial charge in [-0.1, -0.05) is 30.7 Å². The van der Waals surface area contributed by atoms with E-state index in [0.29, 0.717) is 10.7 Å². The zero-order valence-corrected chi connectivity index (χ0v) is 16.6. The molecule has 144 valence electrons. The van der Waals surface area contributed by atoms with Crippen molar-refractivity contribution in [1.29, 1.82) is 0 Å². The first-order chi connectivity index (χ1) is 12.7. The summed E-state index contributed by atoms with van der Waals surface area (Å²) in [5.74, 6) is -0.551. The quantitative estimate of drug-likeness (QED) is 0.734. The minimum atomic E-state index is -3.29. The lowest BCUT2D eigenvalue weighted by atomic mass is 10.0. The molecule has 2 amide bonds. The predicted octanol–water partition coefficient (Wildman–Crippen LogP) is 3.34. The molecule has 0 bridgehead atoms. The maximum Gasteiger partial charge on any atom is 0.226 e. The molecule has 1 unspecified atom stereocenters. The highest BCUT2D eigenvalue weighted by atomic mass is 35.5. The molecular weight excluding hydrogens is 388 g/mol. The van der Waals surface area contributed by atoms with Crippen molar-refractivity contribution in [3.05, 3.63) is 59.1 Å². The van der Waals surface area contributed by atoms with Crippen LogP contribution in [-0.4, -0.2) is 26.0 Å². The van der Waals surface area contributed by atoms with Gasteiger partial charge < -0.3 is 10.6 Å². The smallest absolute Gasteiger partial charge is 0.226 e. The van der Waals surface area contributed by atoms with Crippen molar-refractivity contribution >= 4 is 38.9 Å². The first kappa shape index (κ1) is 20.9. The molecule has 2 rings (SSSR count). The Labute approximate surface area is 163 Å². The van der Waals surface area contributed by atoms with Gasteiger partial charge in [-0.25, -0.2) is 8.42 Å². The van der Waals surface area contributed by atoms with E-state index < -0.39 is 15.9 Å². The summed E-state index contributed by atoms with van der Waals surface area (Å²) in [5.41, 5.74) is 1.24. The van der Waals surface area contributed by atoms with E-state index in [4.69, 9.17) is 11.6 Å². The number of carbonyl (C=O) groups excluding carboxylic acids is 2. The molecule has 0 fully saturated rings. The molecule has 0 radical (unpaired) electrons. The van der Waals surface area contributed by atoms with Crippen molar-refractivity contribution in [2.24, 2.45) is 0 Å². The lowest BCUT2D eigenvalue weighted by molar-refractivity contribution is -0.120. The summed E-state index contributed by atoms with van der Waals surface area (Å²) < 4.78 is 23.7. The van der Waals surface area contributed by atoms with Crippen LogP contribution >= 0.6 is 11.6 Å². The van der Waals surface area contributed by atoms with Gasteiger partial charge in [0.15, 0.2) is 9.84 Å². The summed E-state index contributed by atoms with van der Waals surface area (Å²) in [6.45, 7) is 2.96. The Morgan fingerprint density at radius 2 is 1.63 bits per heavy atom. The Balaban J connectivity index is 2.09. The summed E-state index contributed by atoms with van der Waals surface area (Å²) in [6, 6.07) is 12.4. The maximum atomic E-state index is 12.4. The van der Waals surface area contributed by atoms with Gasteiger partial charge in [0, 0.05) is 17.6 Å². The molecule has 0 saturated carbocycles. The van der Waals surface area contributed by atoms with E-state index in [1.807, 2.05) is 0 Å². The van der Waals surface area contributed by atoms with Crippen LogP contribution in [0.3, 0.4) is 0 Å². The van der Waals surface area contributed by atoms with Crippen molar-refractivity contribution in [2.75, 3.05) is 11.1 Å². The molecule has 27 heavy (non-hydrogen) atoms. The third-order valence-electron chi connectivity index (χ3n) is 3.92. The monoisotopic (exact) mass is 408 g/mol. The normalized spacial score (nSPS) is 12.3. The van der Waals surface area contributed by atoms with Gasteiger partial charge in [0.05, 0.1) is 23.1 Å². The largest absolute Gasteiger partial charge is 0.349 e. The summed E-state index contributed by atoms with van der Waals surface area (Å²) in [4.78, 5) is 24.1. The molecular formula is C19H21ClN2O4S. The molecule has 0 saturated heterocycles. The van der Waals surface area contributed by atoms with E-state index in [2.05, 4.69) is 10.6 Å². The summed E-state index contributed by atoms with van der Waals surface area (Å²) in [7, 11) is -3.29. The SMILES string of the molecule is CCS(=O)(=O)c1ccc(NC(=O)CC(NC(C)=O)c2ccc(Cl)cc2)cc1. The molecule has 8 heteroatoms. The Hall–Kier alpha value is -2.38. The van der Waals surface area contributed by atoms with Crippen LogP contribution in [0.25, 0.3) is 0 Å². The van der Waals surface area contributed by atoms with Crippen LogP contribution in [0, 0.1) is 0 Å². The molecule has 1 atom stereocenters. The lowest BCUT2D eigenvalue weighted by Crippen LogP contribution is -2.29. The Bertz CT molecular complexity index is 910. The average Bonchev–Trinajstić information content (AvgIpc) is 2.62. The third-order valence-corrected chi connectivity index (χ3v) is 5.92. The highest BCUT2D eigenvalue weighted by Crippen LogP contribution is 2.21. The van der Waals surface area contributed by atoms with Crippen LogP contribution in [0.2, 0.25) is 5.02 Å². The van der Waals surface area contributed by atoms with Crippen LogP contribution in [0.15, 0.2) is 53.4 Å². The van der Waals surface area contributed by atoms with Gasteiger partial charge >= 0.3 is 0 Å². The zero-order chi connectivity index (χ0) is 20.0. The van der Waals surface area contributed by atoms with Crippen LogP contribution < -0.4 is 10.6 Å². The van der Waals surface area contributed by atoms with Crippen molar-refractivity contribution in [3.63, 3.8) is 0 Å². The second-order valence-electron chi connectivity index (χ2n) is 5.98. The van der Waals surface area contributed by atoms with E-state index in [1.165, 1.54) is 31.2 Å². The van der Waals surface area contributed by atoms with Crippen LogP contribution in [0.5, 0.6) is 0 Å². The van der Waals surface area contributed by atoms with E-state index in [-0.39, 0.29) is 28.9 Å². The fourth-order valence-electron chi connectivity index (χ4n) is 2.50. The van der Waals surface area contributed by atoms with Crippen molar-refractivity contribution < 1.29 is 18.0 Å². The first-order valence-corrected chi connectivity index (χ1v) is 10.4. The molecule has 0 aliphatic rings. The highest BCUT2D eigenvalue weighted by molar-refractivity contribution is 7.91. The molecule has 0 aliphatic heterocycles. The number of nitrogens with one attached hydrogen (secondary N) is 2. The summed E-state index contributed by atoms with van der Waals surface area (Å²) >= 11 is 5.88. The molecule has 2 aromatic rings. The first-order valence-electron chi connectivity index (χ1n) is 8.36. The molecule has 2 aromatic carbocycles. The maximum absolute atomic E-state index is 12.4. The Kier molecular flexibility index (Phi) is 6.98. The van der Waals surface area contributed by atoms with Crippen molar-refractivity contribution in [1.82, 2.24) is 5.32 Å². The van der Waals surface area contributed by atoms with E-state index in [9.17, 15) is 18.0 Å². The number of hydrogen-bond donors (Lipinski definition) is 2. The minimum absolute atomic E-state index is 0.0121. The zero-order valence-electron chi connectivity index (χ0n) is 15.0. The molecule has 0 aromatic heterocycles. The van der Waals surface area contributed by atoms with Crippen molar-refractivity contribution in [2.45, 2.75) is 31.2 Å². The number of carbonyl (C=O) groups is 2. The lowest BCUT2D eigenvalue weighted by Gasteiger charge is -2.18. The topological polar surface area (TPSA) is 92.3 Å². The van der Waals surface area contributed by atoms with Gasteiger partial charge in [-0.3, -0.25) is 9.59 Å². The van der Waals surface area contributed by atoms with Gasteiger partial charge in [0.2, 0.25) is 11.8 Å². The summed E-state index contributed by atoms with van der Waals surface area (Å²) in [6.07, 6.45) is 0.0240. The molecule has 6 nitrogen and oxygen atoms in total. The molecule has 0 heterocycles. The van der Waals surface area contributed by atoms with E-state index in [0.717, 1.165) is 5.56 Å². The second kappa shape index (κ2) is 9.01. The Morgan fingerprint density at radius 3 is 2.15 bits per heavy atom. The van der Waals surface area contributed by atoms with Gasteiger partial charge in [-0.05, 0) is 42.0 Å². The van der Waals surface area contributed by atoms with Crippen LogP contribution in [-0.2, 0) is 19.4 Å². The number of hydrogen-bond acceptors (Lipinski definition) is 4. The summed E-state index contributed by atoms with van der Waals surface area (Å²) in [5, 5.41) is 6.02. The number of rotatable bonds is 7. The van der Waals surface area contributed by atoms with Gasteiger partial charge in [-0.2, -0.15) is 0 Å². The standard InChI is InChI=1S/C19H21ClN2O4S/c1-3-27(25,26)17-10-8-16(9-11-17)22-19(24)12-18(21-13(2)23)14-4-6-15(20)7-5-14/h4-11,18H,3,12H2,1-2H3,(H,21,23)(H,22,24). The van der Waals surface area contributed by atoms with Crippen LogP contribution in [0.4, 0.5) is 5.69 Å². The minimum Gasteiger partial charge on any atom is -0.349 e. The number of anilines is 1. The number of sulfone groups is 1. The number of amides is 2. The number of benzene rings is 2. The van der Waals surface area contributed by atoms with Gasteiger partial charge in [0.25, 0.3) is 0 Å². The molecule has 0 spiro atoms. The second-order valence-corrected chi connectivity index (χ2v) is 8.70. The average molecular weight is 409 g/mol.